The van der Waals surface area contributed by atoms with Crippen LogP contribution in [0.4, 0.5) is 0 Å². The van der Waals surface area contributed by atoms with Gasteiger partial charge in [-0.05, 0) is 75.0 Å². The highest BCUT2D eigenvalue weighted by atomic mass is 35.5. The second-order valence-electron chi connectivity index (χ2n) is 8.55. The third-order valence-electron chi connectivity index (χ3n) is 6.60. The summed E-state index contributed by atoms with van der Waals surface area (Å²) in [6, 6.07) is 7.22. The Kier molecular flexibility index (Phi) is 7.01. The third kappa shape index (κ3) is 4.76. The van der Waals surface area contributed by atoms with Crippen molar-refractivity contribution < 1.29 is 14.6 Å². The smallest absolute Gasteiger partial charge is 0.339 e. The molecule has 0 radical (unpaired) electrons. The second-order valence-corrected chi connectivity index (χ2v) is 8.99. The number of carboxylic acids is 1. The summed E-state index contributed by atoms with van der Waals surface area (Å²) in [7, 11) is 0. The van der Waals surface area contributed by atoms with Crippen molar-refractivity contribution in [3.05, 3.63) is 59.0 Å². The summed E-state index contributed by atoms with van der Waals surface area (Å²) >= 11 is 6.01. The highest BCUT2D eigenvalue weighted by Gasteiger charge is 2.24. The number of ether oxygens (including phenoxy) is 1. The number of nitrogens with zero attached hydrogens (tertiary/aromatic N) is 3. The number of likely N-dealkylation sites (tertiary alicyclic amines) is 1. The lowest BCUT2D eigenvalue weighted by Crippen LogP contribution is -2.35. The number of hydrogen-bond acceptors (Lipinski definition) is 4. The van der Waals surface area contributed by atoms with E-state index in [0.717, 1.165) is 38.9 Å². The molecule has 1 aliphatic heterocycles. The SMILES string of the molecule is CCC(C)n1cc(C2CCN(CCOc3cc(Cl)ccc3C(=O)O)CC2)c2ccncc21. The van der Waals surface area contributed by atoms with Gasteiger partial charge < -0.3 is 14.4 Å². The Balaban J connectivity index is 1.37. The lowest BCUT2D eigenvalue weighted by molar-refractivity contribution is 0.0691. The Morgan fingerprint density at radius 3 is 2.81 bits per heavy atom. The first-order valence-corrected chi connectivity index (χ1v) is 11.7. The van der Waals surface area contributed by atoms with Crippen LogP contribution in [-0.4, -0.2) is 51.8 Å². The van der Waals surface area contributed by atoms with Crippen molar-refractivity contribution in [2.45, 2.75) is 45.1 Å². The van der Waals surface area contributed by atoms with Crippen molar-refractivity contribution in [1.82, 2.24) is 14.5 Å². The molecule has 1 N–H and O–H groups in total. The van der Waals surface area contributed by atoms with Crippen LogP contribution in [0.3, 0.4) is 0 Å². The van der Waals surface area contributed by atoms with Crippen molar-refractivity contribution in [2.75, 3.05) is 26.2 Å². The fourth-order valence-corrected chi connectivity index (χ4v) is 4.72. The fourth-order valence-electron chi connectivity index (χ4n) is 4.56. The Labute approximate surface area is 193 Å². The van der Waals surface area contributed by atoms with E-state index < -0.39 is 5.97 Å². The normalized spacial score (nSPS) is 16.3. The molecule has 0 saturated carbocycles. The number of halogens is 1. The van der Waals surface area contributed by atoms with Gasteiger partial charge in [-0.3, -0.25) is 9.88 Å². The number of pyridine rings is 1. The number of hydrogen-bond donors (Lipinski definition) is 1. The maximum atomic E-state index is 11.4. The van der Waals surface area contributed by atoms with Crippen LogP contribution in [0.1, 0.15) is 61.0 Å². The molecule has 0 amide bonds. The van der Waals surface area contributed by atoms with Gasteiger partial charge >= 0.3 is 5.97 Å². The van der Waals surface area contributed by atoms with Crippen molar-refractivity contribution in [3.63, 3.8) is 0 Å². The van der Waals surface area contributed by atoms with Gasteiger partial charge in [0, 0.05) is 35.4 Å². The Morgan fingerprint density at radius 2 is 2.09 bits per heavy atom. The molecule has 3 aromatic rings. The van der Waals surface area contributed by atoms with Crippen LogP contribution in [0.5, 0.6) is 5.75 Å². The van der Waals surface area contributed by atoms with Gasteiger partial charge in [-0.15, -0.1) is 0 Å². The zero-order chi connectivity index (χ0) is 22.7. The zero-order valence-corrected chi connectivity index (χ0v) is 19.4. The minimum absolute atomic E-state index is 0.139. The summed E-state index contributed by atoms with van der Waals surface area (Å²) in [5, 5.41) is 11.1. The van der Waals surface area contributed by atoms with Gasteiger partial charge in [0.1, 0.15) is 17.9 Å². The van der Waals surface area contributed by atoms with Crippen LogP contribution in [0.2, 0.25) is 5.02 Å². The fraction of sp³-hybridized carbons (Fsp3) is 0.440. The molecule has 7 heteroatoms. The summed E-state index contributed by atoms with van der Waals surface area (Å²) < 4.78 is 8.15. The molecule has 1 aromatic carbocycles. The predicted molar refractivity (Wildman–Crippen MR) is 127 cm³/mol. The van der Waals surface area contributed by atoms with E-state index in [9.17, 15) is 9.90 Å². The highest BCUT2D eigenvalue weighted by Crippen LogP contribution is 2.35. The highest BCUT2D eigenvalue weighted by molar-refractivity contribution is 6.30. The molecule has 170 valence electrons. The molecule has 1 unspecified atom stereocenters. The summed E-state index contributed by atoms with van der Waals surface area (Å²) in [4.78, 5) is 18.1. The third-order valence-corrected chi connectivity index (χ3v) is 6.83. The van der Waals surface area contributed by atoms with E-state index in [0.29, 0.717) is 29.3 Å². The average Bonchev–Trinajstić information content (AvgIpc) is 3.19. The van der Waals surface area contributed by atoms with E-state index in [4.69, 9.17) is 16.3 Å². The van der Waals surface area contributed by atoms with E-state index in [1.807, 2.05) is 12.4 Å². The van der Waals surface area contributed by atoms with Gasteiger partial charge in [-0.1, -0.05) is 18.5 Å². The van der Waals surface area contributed by atoms with Crippen LogP contribution in [-0.2, 0) is 0 Å². The van der Waals surface area contributed by atoms with Gasteiger partial charge in [0.25, 0.3) is 0 Å². The molecule has 0 bridgehead atoms. The number of carbonyl (C=O) groups is 1. The predicted octanol–water partition coefficient (Wildman–Crippen LogP) is 5.62. The van der Waals surface area contributed by atoms with Crippen LogP contribution < -0.4 is 4.74 Å². The molecule has 0 spiro atoms. The number of carboxylic acid groups (broad SMARTS) is 1. The molecule has 3 heterocycles. The van der Waals surface area contributed by atoms with Crippen molar-refractivity contribution in [1.29, 1.82) is 0 Å². The van der Waals surface area contributed by atoms with Gasteiger partial charge in [-0.2, -0.15) is 0 Å². The Bertz CT molecular complexity index is 1090. The number of benzene rings is 1. The summed E-state index contributed by atoms with van der Waals surface area (Å²) in [5.41, 5.74) is 2.80. The van der Waals surface area contributed by atoms with Crippen LogP contribution in [0, 0.1) is 0 Å². The molecular formula is C25H30ClN3O3. The minimum atomic E-state index is -1.01. The van der Waals surface area contributed by atoms with Gasteiger partial charge in [0.15, 0.2) is 0 Å². The second kappa shape index (κ2) is 9.92. The summed E-state index contributed by atoms with van der Waals surface area (Å²) in [5.74, 6) is -0.149. The lowest BCUT2D eigenvalue weighted by atomic mass is 9.89. The maximum Gasteiger partial charge on any atom is 0.339 e. The molecule has 1 fully saturated rings. The number of aromatic carboxylic acids is 1. The molecule has 4 rings (SSSR count). The topological polar surface area (TPSA) is 67.6 Å². The summed E-state index contributed by atoms with van der Waals surface area (Å²) in [6.45, 7) is 7.67. The largest absolute Gasteiger partial charge is 0.491 e. The molecule has 1 saturated heterocycles. The maximum absolute atomic E-state index is 11.4. The molecule has 0 aliphatic carbocycles. The number of aromatic nitrogens is 2. The lowest BCUT2D eigenvalue weighted by Gasteiger charge is -2.31. The molecule has 1 atom stereocenters. The van der Waals surface area contributed by atoms with E-state index in [-0.39, 0.29) is 5.56 Å². The Hall–Kier alpha value is -2.57. The monoisotopic (exact) mass is 455 g/mol. The van der Waals surface area contributed by atoms with Crippen LogP contribution >= 0.6 is 11.6 Å². The van der Waals surface area contributed by atoms with E-state index in [1.165, 1.54) is 22.5 Å². The van der Waals surface area contributed by atoms with E-state index in [2.05, 4.69) is 40.6 Å². The molecule has 32 heavy (non-hydrogen) atoms. The minimum Gasteiger partial charge on any atom is -0.491 e. The van der Waals surface area contributed by atoms with Crippen molar-refractivity contribution in [2.24, 2.45) is 0 Å². The molecule has 1 aliphatic rings. The zero-order valence-electron chi connectivity index (χ0n) is 18.6. The van der Waals surface area contributed by atoms with Gasteiger partial charge in [0.05, 0.1) is 11.7 Å². The first-order chi connectivity index (χ1) is 15.5. The van der Waals surface area contributed by atoms with Gasteiger partial charge in [0.2, 0.25) is 0 Å². The molecular weight excluding hydrogens is 426 g/mol. The van der Waals surface area contributed by atoms with E-state index >= 15 is 0 Å². The van der Waals surface area contributed by atoms with Gasteiger partial charge in [-0.25, -0.2) is 4.79 Å². The number of fused-ring (bicyclic) bond motifs is 1. The molecule has 2 aromatic heterocycles. The average molecular weight is 456 g/mol. The van der Waals surface area contributed by atoms with Crippen LogP contribution in [0.15, 0.2) is 42.9 Å². The summed E-state index contributed by atoms with van der Waals surface area (Å²) in [6.07, 6.45) is 9.50. The van der Waals surface area contributed by atoms with E-state index in [1.54, 1.807) is 12.1 Å². The van der Waals surface area contributed by atoms with Crippen LogP contribution in [0.25, 0.3) is 10.9 Å². The number of piperidine rings is 1. The number of rotatable bonds is 8. The van der Waals surface area contributed by atoms with Crippen molar-refractivity contribution >= 4 is 28.5 Å². The quantitative estimate of drug-likeness (QED) is 0.477. The van der Waals surface area contributed by atoms with Crippen molar-refractivity contribution in [3.8, 4) is 5.75 Å². The first-order valence-electron chi connectivity index (χ1n) is 11.3. The molecule has 6 nitrogen and oxygen atoms in total. The standard InChI is InChI=1S/C25H30ClN3O3/c1-3-17(2)29-16-22(20-6-9-27-15-23(20)29)18-7-10-28(11-8-18)12-13-32-24-14-19(26)4-5-21(24)25(30)31/h4-6,9,14-18H,3,7-8,10-13H2,1-2H3,(H,30,31). The Morgan fingerprint density at radius 1 is 1.31 bits per heavy atom. The first kappa shape index (κ1) is 22.6.